The van der Waals surface area contributed by atoms with Crippen LogP contribution in [0.5, 0.6) is 0 Å². The lowest BCUT2D eigenvalue weighted by molar-refractivity contribution is 0.659. The number of hydrogen-bond donors (Lipinski definition) is 2. The van der Waals surface area contributed by atoms with Crippen LogP contribution >= 0.6 is 24.0 Å². The SMILES string of the molecule is Cc1nn(-c2ccccc2)cc1CCCNC(N)=NCC(C)C.I. The molecule has 0 unspecified atom stereocenters. The van der Waals surface area contributed by atoms with E-state index in [4.69, 9.17) is 5.73 Å². The van der Waals surface area contributed by atoms with E-state index in [0.29, 0.717) is 11.9 Å². The zero-order valence-electron chi connectivity index (χ0n) is 14.7. The Hall–Kier alpha value is -1.57. The number of benzene rings is 1. The molecule has 2 aromatic rings. The van der Waals surface area contributed by atoms with Crippen molar-refractivity contribution >= 4 is 29.9 Å². The molecule has 0 aliphatic carbocycles. The van der Waals surface area contributed by atoms with Crippen LogP contribution in [-0.4, -0.2) is 28.8 Å². The van der Waals surface area contributed by atoms with E-state index >= 15 is 0 Å². The smallest absolute Gasteiger partial charge is 0.188 e. The molecule has 0 bridgehead atoms. The molecule has 1 aromatic carbocycles. The largest absolute Gasteiger partial charge is 0.370 e. The highest BCUT2D eigenvalue weighted by Crippen LogP contribution is 2.13. The van der Waals surface area contributed by atoms with Crippen molar-refractivity contribution in [3.8, 4) is 5.69 Å². The van der Waals surface area contributed by atoms with E-state index in [1.54, 1.807) is 0 Å². The van der Waals surface area contributed by atoms with Crippen molar-refractivity contribution < 1.29 is 0 Å². The number of para-hydroxylation sites is 1. The van der Waals surface area contributed by atoms with Crippen LogP contribution in [0.25, 0.3) is 5.69 Å². The molecule has 0 saturated carbocycles. The Morgan fingerprint density at radius 3 is 2.67 bits per heavy atom. The van der Waals surface area contributed by atoms with Crippen molar-refractivity contribution in [1.29, 1.82) is 0 Å². The first kappa shape index (κ1) is 20.5. The second-order valence-corrected chi connectivity index (χ2v) is 6.17. The quantitative estimate of drug-likeness (QED) is 0.300. The van der Waals surface area contributed by atoms with Crippen molar-refractivity contribution in [2.75, 3.05) is 13.1 Å². The van der Waals surface area contributed by atoms with E-state index in [0.717, 1.165) is 37.3 Å². The minimum absolute atomic E-state index is 0. The first-order valence-corrected chi connectivity index (χ1v) is 8.20. The molecule has 0 amide bonds. The molecular formula is C18H28IN5. The van der Waals surface area contributed by atoms with Gasteiger partial charge in [0.2, 0.25) is 0 Å². The molecule has 0 fully saturated rings. The summed E-state index contributed by atoms with van der Waals surface area (Å²) in [5.41, 5.74) is 9.27. The molecule has 5 nitrogen and oxygen atoms in total. The van der Waals surface area contributed by atoms with Gasteiger partial charge in [0.1, 0.15) is 0 Å². The highest BCUT2D eigenvalue weighted by Gasteiger charge is 2.06. The molecule has 0 radical (unpaired) electrons. The summed E-state index contributed by atoms with van der Waals surface area (Å²) in [5, 5.41) is 7.76. The second-order valence-electron chi connectivity index (χ2n) is 6.17. The monoisotopic (exact) mass is 441 g/mol. The van der Waals surface area contributed by atoms with E-state index in [-0.39, 0.29) is 24.0 Å². The second kappa shape index (κ2) is 10.3. The van der Waals surface area contributed by atoms with E-state index < -0.39 is 0 Å². The van der Waals surface area contributed by atoms with Gasteiger partial charge in [-0.2, -0.15) is 5.10 Å². The number of aromatic nitrogens is 2. The predicted molar refractivity (Wildman–Crippen MR) is 111 cm³/mol. The van der Waals surface area contributed by atoms with Crippen molar-refractivity contribution in [1.82, 2.24) is 15.1 Å². The normalized spacial score (nSPS) is 11.4. The summed E-state index contributed by atoms with van der Waals surface area (Å²) in [7, 11) is 0. The predicted octanol–water partition coefficient (Wildman–Crippen LogP) is 3.29. The Morgan fingerprint density at radius 2 is 2.00 bits per heavy atom. The number of nitrogens with zero attached hydrogens (tertiary/aromatic N) is 3. The molecule has 6 heteroatoms. The average molecular weight is 441 g/mol. The third kappa shape index (κ3) is 6.51. The fraction of sp³-hybridized carbons (Fsp3) is 0.444. The maximum Gasteiger partial charge on any atom is 0.188 e. The number of hydrogen-bond acceptors (Lipinski definition) is 2. The Labute approximate surface area is 161 Å². The zero-order chi connectivity index (χ0) is 16.7. The molecule has 0 aliphatic rings. The summed E-state index contributed by atoms with van der Waals surface area (Å²) < 4.78 is 1.94. The van der Waals surface area contributed by atoms with Crippen molar-refractivity contribution in [2.45, 2.75) is 33.6 Å². The molecule has 0 aliphatic heterocycles. The number of aryl methyl sites for hydroxylation is 2. The van der Waals surface area contributed by atoms with Crippen LogP contribution in [0, 0.1) is 12.8 Å². The van der Waals surface area contributed by atoms with Gasteiger partial charge in [-0.3, -0.25) is 4.99 Å². The van der Waals surface area contributed by atoms with Gasteiger partial charge in [0.15, 0.2) is 5.96 Å². The summed E-state index contributed by atoms with van der Waals surface area (Å²) in [6.07, 6.45) is 4.09. The summed E-state index contributed by atoms with van der Waals surface area (Å²) in [6, 6.07) is 10.2. The van der Waals surface area contributed by atoms with Crippen LogP contribution in [0.3, 0.4) is 0 Å². The van der Waals surface area contributed by atoms with Gasteiger partial charge in [-0.15, -0.1) is 24.0 Å². The molecule has 1 aromatic heterocycles. The summed E-state index contributed by atoms with van der Waals surface area (Å²) in [5.74, 6) is 1.07. The van der Waals surface area contributed by atoms with E-state index in [2.05, 4.69) is 54.5 Å². The Bertz CT molecular complexity index is 634. The molecular weight excluding hydrogens is 413 g/mol. The fourth-order valence-corrected chi connectivity index (χ4v) is 2.29. The number of nitrogens with two attached hydrogens (primary N) is 1. The van der Waals surface area contributed by atoms with Crippen LogP contribution in [-0.2, 0) is 6.42 Å². The van der Waals surface area contributed by atoms with Gasteiger partial charge in [-0.1, -0.05) is 32.0 Å². The zero-order valence-corrected chi connectivity index (χ0v) is 17.0. The molecule has 0 spiro atoms. The van der Waals surface area contributed by atoms with Gasteiger partial charge in [-0.25, -0.2) is 4.68 Å². The van der Waals surface area contributed by atoms with Crippen molar-refractivity contribution in [2.24, 2.45) is 16.6 Å². The number of aliphatic imine (C=N–C) groups is 1. The molecule has 132 valence electrons. The van der Waals surface area contributed by atoms with Crippen molar-refractivity contribution in [3.63, 3.8) is 0 Å². The Kier molecular flexibility index (Phi) is 8.81. The summed E-state index contributed by atoms with van der Waals surface area (Å²) in [4.78, 5) is 4.30. The summed E-state index contributed by atoms with van der Waals surface area (Å²) >= 11 is 0. The molecule has 0 atom stereocenters. The lowest BCUT2D eigenvalue weighted by Crippen LogP contribution is -2.33. The van der Waals surface area contributed by atoms with Gasteiger partial charge >= 0.3 is 0 Å². The maximum absolute atomic E-state index is 5.83. The third-order valence-electron chi connectivity index (χ3n) is 3.58. The van der Waals surface area contributed by atoms with Gasteiger partial charge in [-0.05, 0) is 43.4 Å². The lowest BCUT2D eigenvalue weighted by Gasteiger charge is -2.06. The van der Waals surface area contributed by atoms with Crippen LogP contribution in [0.15, 0.2) is 41.5 Å². The van der Waals surface area contributed by atoms with Gasteiger partial charge in [0, 0.05) is 19.3 Å². The standard InChI is InChI=1S/C18H27N5.HI/c1-14(2)12-21-18(19)20-11-7-8-16-13-23(22-15(16)3)17-9-5-4-6-10-17;/h4-6,9-10,13-14H,7-8,11-12H2,1-3H3,(H3,19,20,21);1H. The third-order valence-corrected chi connectivity index (χ3v) is 3.58. The number of halogens is 1. The molecule has 2 rings (SSSR count). The van der Waals surface area contributed by atoms with E-state index in [1.165, 1.54) is 5.56 Å². The van der Waals surface area contributed by atoms with Crippen LogP contribution in [0.1, 0.15) is 31.5 Å². The molecule has 3 N–H and O–H groups in total. The first-order chi connectivity index (χ1) is 11.1. The lowest BCUT2D eigenvalue weighted by atomic mass is 10.1. The molecule has 0 saturated heterocycles. The first-order valence-electron chi connectivity index (χ1n) is 8.20. The minimum atomic E-state index is 0. The molecule has 1 heterocycles. The van der Waals surface area contributed by atoms with Crippen LogP contribution in [0.2, 0.25) is 0 Å². The topological polar surface area (TPSA) is 68.2 Å². The highest BCUT2D eigenvalue weighted by molar-refractivity contribution is 14.0. The highest BCUT2D eigenvalue weighted by atomic mass is 127. The van der Waals surface area contributed by atoms with Crippen LogP contribution in [0.4, 0.5) is 0 Å². The maximum atomic E-state index is 5.83. The fourth-order valence-electron chi connectivity index (χ4n) is 2.29. The number of rotatable bonds is 7. The number of nitrogens with one attached hydrogen (secondary N) is 1. The summed E-state index contributed by atoms with van der Waals surface area (Å²) in [6.45, 7) is 7.90. The number of guanidine groups is 1. The van der Waals surface area contributed by atoms with Gasteiger partial charge in [0.05, 0.1) is 11.4 Å². The average Bonchev–Trinajstić information content (AvgIpc) is 2.91. The van der Waals surface area contributed by atoms with Crippen molar-refractivity contribution in [3.05, 3.63) is 47.8 Å². The van der Waals surface area contributed by atoms with Gasteiger partial charge in [0.25, 0.3) is 0 Å². The minimum Gasteiger partial charge on any atom is -0.370 e. The van der Waals surface area contributed by atoms with E-state index in [9.17, 15) is 0 Å². The Morgan fingerprint density at radius 1 is 1.29 bits per heavy atom. The van der Waals surface area contributed by atoms with Crippen LogP contribution < -0.4 is 11.1 Å². The molecule has 24 heavy (non-hydrogen) atoms. The van der Waals surface area contributed by atoms with Gasteiger partial charge < -0.3 is 11.1 Å². The Balaban J connectivity index is 0.00000288. The van der Waals surface area contributed by atoms with E-state index in [1.807, 2.05) is 22.9 Å².